The van der Waals surface area contributed by atoms with Crippen LogP contribution in [-0.2, 0) is 6.18 Å². The van der Waals surface area contributed by atoms with Crippen molar-refractivity contribution < 1.29 is 23.0 Å². The first-order valence-corrected chi connectivity index (χ1v) is 8.16. The average Bonchev–Trinajstić information content (AvgIpc) is 2.78. The molecule has 0 bridgehead atoms. The van der Waals surface area contributed by atoms with E-state index in [9.17, 15) is 33.4 Å². The molecule has 0 atom stereocenters. The van der Waals surface area contributed by atoms with Gasteiger partial charge in [0.2, 0.25) is 0 Å². The van der Waals surface area contributed by atoms with Gasteiger partial charge in [0.15, 0.2) is 5.69 Å². The lowest BCUT2D eigenvalue weighted by Gasteiger charge is -2.23. The van der Waals surface area contributed by atoms with Gasteiger partial charge in [-0.1, -0.05) is 6.92 Å². The molecule has 1 fully saturated rings. The van der Waals surface area contributed by atoms with Crippen molar-refractivity contribution in [1.82, 2.24) is 4.90 Å². The van der Waals surface area contributed by atoms with E-state index in [0.717, 1.165) is 19.5 Å². The predicted molar refractivity (Wildman–Crippen MR) is 88.3 cm³/mol. The first kappa shape index (κ1) is 19.9. The fraction of sp³-hybridized carbons (Fsp3) is 0.600. The molecule has 1 aliphatic heterocycles. The summed E-state index contributed by atoms with van der Waals surface area (Å²) in [4.78, 5) is 24.3. The normalized spacial score (nSPS) is 16.4. The summed E-state index contributed by atoms with van der Waals surface area (Å²) in [6.07, 6.45) is -3.39. The highest BCUT2D eigenvalue weighted by atomic mass is 19.4. The highest BCUT2D eigenvalue weighted by Gasteiger charge is 2.39. The standard InChI is InChI=1S/C15H19F3N4O4/c1-2-4-19-5-3-6-20(8-7-19)14-12(21(23)24)9-11(15(16,17)18)10-13(14)22(25)26/h9-10H,2-8H2,1H3. The van der Waals surface area contributed by atoms with Gasteiger partial charge in [0, 0.05) is 31.8 Å². The molecule has 0 unspecified atom stereocenters. The van der Waals surface area contributed by atoms with Gasteiger partial charge in [0.05, 0.1) is 15.4 Å². The fourth-order valence-corrected chi connectivity index (χ4v) is 3.10. The summed E-state index contributed by atoms with van der Waals surface area (Å²) in [7, 11) is 0. The van der Waals surface area contributed by atoms with E-state index >= 15 is 0 Å². The Kier molecular flexibility index (Phi) is 6.01. The van der Waals surface area contributed by atoms with Crippen LogP contribution >= 0.6 is 0 Å². The summed E-state index contributed by atoms with van der Waals surface area (Å²) in [5.74, 6) is 0. The van der Waals surface area contributed by atoms with E-state index in [4.69, 9.17) is 0 Å². The first-order chi connectivity index (χ1) is 12.1. The maximum absolute atomic E-state index is 13.0. The van der Waals surface area contributed by atoms with Crippen LogP contribution in [-0.4, -0.2) is 47.5 Å². The Morgan fingerprint density at radius 3 is 2.08 bits per heavy atom. The van der Waals surface area contributed by atoms with Crippen molar-refractivity contribution in [3.63, 3.8) is 0 Å². The molecule has 0 amide bonds. The Hall–Kier alpha value is -2.43. The summed E-state index contributed by atoms with van der Waals surface area (Å²) >= 11 is 0. The zero-order valence-electron chi connectivity index (χ0n) is 14.2. The predicted octanol–water partition coefficient (Wildman–Crippen LogP) is 3.44. The third kappa shape index (κ3) is 4.40. The van der Waals surface area contributed by atoms with Crippen LogP contribution < -0.4 is 4.90 Å². The van der Waals surface area contributed by atoms with Gasteiger partial charge in [0.25, 0.3) is 11.4 Å². The second-order valence-electron chi connectivity index (χ2n) is 6.06. The van der Waals surface area contributed by atoms with Crippen LogP contribution in [0.2, 0.25) is 0 Å². The summed E-state index contributed by atoms with van der Waals surface area (Å²) in [5.41, 5.74) is -3.54. The molecule has 0 aliphatic carbocycles. The second-order valence-corrected chi connectivity index (χ2v) is 6.06. The average molecular weight is 376 g/mol. The molecule has 1 saturated heterocycles. The van der Waals surface area contributed by atoms with Crippen LogP contribution in [0.15, 0.2) is 12.1 Å². The van der Waals surface area contributed by atoms with E-state index in [-0.39, 0.29) is 12.2 Å². The van der Waals surface area contributed by atoms with Crippen molar-refractivity contribution >= 4 is 17.1 Å². The Morgan fingerprint density at radius 2 is 1.62 bits per heavy atom. The number of hydrogen-bond acceptors (Lipinski definition) is 6. The van der Waals surface area contributed by atoms with Crippen LogP contribution in [0.1, 0.15) is 25.3 Å². The van der Waals surface area contributed by atoms with Crippen molar-refractivity contribution in [2.75, 3.05) is 37.6 Å². The largest absolute Gasteiger partial charge is 0.416 e. The van der Waals surface area contributed by atoms with Crippen LogP contribution in [0.5, 0.6) is 0 Å². The summed E-state index contributed by atoms with van der Waals surface area (Å²) < 4.78 is 39.0. The number of benzene rings is 1. The van der Waals surface area contributed by atoms with Gasteiger partial charge in [-0.05, 0) is 25.9 Å². The molecule has 1 aliphatic rings. The van der Waals surface area contributed by atoms with Gasteiger partial charge >= 0.3 is 6.18 Å². The molecule has 1 heterocycles. The SMILES string of the molecule is CCCN1CCCN(c2c([N+](=O)[O-])cc(C(F)(F)F)cc2[N+](=O)[O-])CC1. The monoisotopic (exact) mass is 376 g/mol. The minimum absolute atomic E-state index is 0.271. The lowest BCUT2D eigenvalue weighted by atomic mass is 10.1. The number of anilines is 1. The molecule has 144 valence electrons. The van der Waals surface area contributed by atoms with Gasteiger partial charge in [0.1, 0.15) is 0 Å². The number of rotatable bonds is 5. The molecule has 8 nitrogen and oxygen atoms in total. The number of nitro groups is 2. The molecule has 0 N–H and O–H groups in total. The molecule has 2 rings (SSSR count). The zero-order chi connectivity index (χ0) is 19.5. The van der Waals surface area contributed by atoms with Gasteiger partial charge in [-0.15, -0.1) is 0 Å². The van der Waals surface area contributed by atoms with Gasteiger partial charge in [-0.2, -0.15) is 13.2 Å². The topological polar surface area (TPSA) is 92.8 Å². The third-order valence-corrected chi connectivity index (χ3v) is 4.23. The highest BCUT2D eigenvalue weighted by Crippen LogP contribution is 2.43. The highest BCUT2D eigenvalue weighted by molar-refractivity contribution is 5.76. The molecule has 0 aromatic heterocycles. The molecule has 11 heteroatoms. The minimum Gasteiger partial charge on any atom is -0.359 e. The maximum atomic E-state index is 13.0. The Balaban J connectivity index is 2.52. The maximum Gasteiger partial charge on any atom is 0.416 e. The summed E-state index contributed by atoms with van der Waals surface area (Å²) in [6, 6.07) is 0.744. The van der Waals surface area contributed by atoms with Crippen LogP contribution in [0, 0.1) is 20.2 Å². The van der Waals surface area contributed by atoms with Crippen LogP contribution in [0.4, 0.5) is 30.2 Å². The molecule has 0 radical (unpaired) electrons. The second kappa shape index (κ2) is 7.85. The molecular formula is C15H19F3N4O4. The van der Waals surface area contributed by atoms with Crippen molar-refractivity contribution in [1.29, 1.82) is 0 Å². The van der Waals surface area contributed by atoms with Gasteiger partial charge in [-0.25, -0.2) is 0 Å². The minimum atomic E-state index is -4.91. The number of halogens is 3. The van der Waals surface area contributed by atoms with Crippen molar-refractivity contribution in [2.45, 2.75) is 25.9 Å². The molecule has 0 spiro atoms. The van der Waals surface area contributed by atoms with E-state index in [1.54, 1.807) is 0 Å². The van der Waals surface area contributed by atoms with Crippen molar-refractivity contribution in [2.24, 2.45) is 0 Å². The Bertz CT molecular complexity index is 661. The lowest BCUT2D eigenvalue weighted by Crippen LogP contribution is -2.32. The lowest BCUT2D eigenvalue weighted by molar-refractivity contribution is -0.393. The van der Waals surface area contributed by atoms with E-state index < -0.39 is 33.0 Å². The summed E-state index contributed by atoms with van der Waals surface area (Å²) in [5, 5.41) is 22.7. The van der Waals surface area contributed by atoms with Gasteiger partial charge < -0.3 is 9.80 Å². The Labute approximate surface area is 147 Å². The van der Waals surface area contributed by atoms with Crippen molar-refractivity contribution in [3.8, 4) is 0 Å². The number of hydrogen-bond donors (Lipinski definition) is 0. The summed E-state index contributed by atoms with van der Waals surface area (Å²) in [6.45, 7) is 4.66. The number of alkyl halides is 3. The van der Waals surface area contributed by atoms with E-state index in [2.05, 4.69) is 4.90 Å². The van der Waals surface area contributed by atoms with Gasteiger partial charge in [-0.3, -0.25) is 20.2 Å². The molecule has 0 saturated carbocycles. The van der Waals surface area contributed by atoms with Crippen LogP contribution in [0.3, 0.4) is 0 Å². The molecule has 26 heavy (non-hydrogen) atoms. The number of nitrogens with zero attached hydrogens (tertiary/aromatic N) is 4. The molecule has 1 aromatic carbocycles. The third-order valence-electron chi connectivity index (χ3n) is 4.23. The first-order valence-electron chi connectivity index (χ1n) is 8.16. The van der Waals surface area contributed by atoms with Crippen molar-refractivity contribution in [3.05, 3.63) is 37.9 Å². The zero-order valence-corrected chi connectivity index (χ0v) is 14.2. The smallest absolute Gasteiger partial charge is 0.359 e. The molecule has 1 aromatic rings. The number of nitro benzene ring substituents is 2. The van der Waals surface area contributed by atoms with Crippen LogP contribution in [0.25, 0.3) is 0 Å². The van der Waals surface area contributed by atoms with E-state index in [1.165, 1.54) is 4.90 Å². The molecular weight excluding hydrogens is 357 g/mol. The Morgan fingerprint density at radius 1 is 1.04 bits per heavy atom. The van der Waals surface area contributed by atoms with E-state index in [0.29, 0.717) is 31.6 Å². The van der Waals surface area contributed by atoms with E-state index in [1.807, 2.05) is 6.92 Å². The fourth-order valence-electron chi connectivity index (χ4n) is 3.10. The quantitative estimate of drug-likeness (QED) is 0.577.